The normalized spacial score (nSPS) is 11.6. The molecular formula is C23H23ClN4O3. The summed E-state index contributed by atoms with van der Waals surface area (Å²) in [6.45, 7) is 3.69. The molecule has 3 rings (SSSR count). The number of amides is 3. The molecule has 0 spiro atoms. The van der Waals surface area contributed by atoms with E-state index in [0.717, 1.165) is 0 Å². The zero-order valence-electron chi connectivity index (χ0n) is 17.1. The molecular weight excluding hydrogens is 416 g/mol. The van der Waals surface area contributed by atoms with E-state index in [1.165, 1.54) is 10.6 Å². The summed E-state index contributed by atoms with van der Waals surface area (Å²) >= 11 is 5.85. The van der Waals surface area contributed by atoms with Gasteiger partial charge in [0.05, 0.1) is 0 Å². The van der Waals surface area contributed by atoms with Crippen molar-refractivity contribution < 1.29 is 9.59 Å². The maximum atomic E-state index is 12.8. The Hall–Kier alpha value is -3.58. The number of nitrogens with one attached hydrogen (secondary N) is 3. The van der Waals surface area contributed by atoms with Gasteiger partial charge in [-0.2, -0.15) is 0 Å². The summed E-state index contributed by atoms with van der Waals surface area (Å²) in [5, 5.41) is 8.76. The number of carbonyl (C=O) groups is 2. The van der Waals surface area contributed by atoms with Crippen LogP contribution in [0.25, 0.3) is 5.69 Å². The zero-order chi connectivity index (χ0) is 22.4. The van der Waals surface area contributed by atoms with Crippen LogP contribution in [0, 0.1) is 5.92 Å². The summed E-state index contributed by atoms with van der Waals surface area (Å²) in [4.78, 5) is 37.0. The van der Waals surface area contributed by atoms with Crippen molar-refractivity contribution in [3.63, 3.8) is 0 Å². The van der Waals surface area contributed by atoms with E-state index in [4.69, 9.17) is 11.6 Å². The van der Waals surface area contributed by atoms with Crippen LogP contribution in [-0.4, -0.2) is 22.5 Å². The lowest BCUT2D eigenvalue weighted by Gasteiger charge is -2.22. The first-order chi connectivity index (χ1) is 14.8. The van der Waals surface area contributed by atoms with Gasteiger partial charge in [0.2, 0.25) is 5.91 Å². The second-order valence-electron chi connectivity index (χ2n) is 7.27. The summed E-state index contributed by atoms with van der Waals surface area (Å²) < 4.78 is 1.51. The minimum absolute atomic E-state index is 0.141. The SMILES string of the molecule is CC(C)[C@H](NC(=O)Nc1ccc(Cl)cc1)C(=O)Nc1ccc(-n2ccccc2=O)cc1. The molecule has 0 fully saturated rings. The molecule has 2 aromatic carbocycles. The molecule has 3 amide bonds. The Kier molecular flexibility index (Phi) is 7.10. The number of pyridine rings is 1. The molecule has 0 unspecified atom stereocenters. The summed E-state index contributed by atoms with van der Waals surface area (Å²) in [6.07, 6.45) is 1.67. The average molecular weight is 439 g/mol. The van der Waals surface area contributed by atoms with Gasteiger partial charge in [-0.25, -0.2) is 4.79 Å². The molecule has 1 aromatic heterocycles. The van der Waals surface area contributed by atoms with Crippen LogP contribution in [0.15, 0.2) is 77.7 Å². The maximum Gasteiger partial charge on any atom is 0.319 e. The van der Waals surface area contributed by atoms with E-state index in [-0.39, 0.29) is 17.4 Å². The van der Waals surface area contributed by atoms with Crippen LogP contribution in [0.3, 0.4) is 0 Å². The topological polar surface area (TPSA) is 92.2 Å². The summed E-state index contributed by atoms with van der Waals surface area (Å²) in [7, 11) is 0. The predicted octanol–water partition coefficient (Wildman–Crippen LogP) is 4.28. The first-order valence-corrected chi connectivity index (χ1v) is 10.1. The molecule has 0 saturated heterocycles. The minimum atomic E-state index is -0.747. The first kappa shape index (κ1) is 22.1. The Labute approximate surface area is 185 Å². The smallest absolute Gasteiger partial charge is 0.319 e. The van der Waals surface area contributed by atoms with Gasteiger partial charge in [0, 0.05) is 34.3 Å². The fourth-order valence-corrected chi connectivity index (χ4v) is 3.07. The van der Waals surface area contributed by atoms with Crippen molar-refractivity contribution in [2.24, 2.45) is 5.92 Å². The molecule has 0 aliphatic heterocycles. The van der Waals surface area contributed by atoms with Crippen LogP contribution in [0.4, 0.5) is 16.2 Å². The number of anilines is 2. The highest BCUT2D eigenvalue weighted by Gasteiger charge is 2.24. The number of nitrogens with zero attached hydrogens (tertiary/aromatic N) is 1. The van der Waals surface area contributed by atoms with Crippen molar-refractivity contribution in [2.75, 3.05) is 10.6 Å². The van der Waals surface area contributed by atoms with Crippen LogP contribution in [0.2, 0.25) is 5.02 Å². The highest BCUT2D eigenvalue weighted by atomic mass is 35.5. The van der Waals surface area contributed by atoms with Gasteiger partial charge in [0.15, 0.2) is 0 Å². The molecule has 0 aliphatic rings. The Morgan fingerprint density at radius 1 is 0.871 bits per heavy atom. The van der Waals surface area contributed by atoms with Gasteiger partial charge in [-0.05, 0) is 60.5 Å². The van der Waals surface area contributed by atoms with Crippen molar-refractivity contribution in [1.29, 1.82) is 0 Å². The molecule has 0 radical (unpaired) electrons. The Bertz CT molecular complexity index is 1110. The molecule has 1 atom stereocenters. The molecule has 160 valence electrons. The quantitative estimate of drug-likeness (QED) is 0.536. The molecule has 31 heavy (non-hydrogen) atoms. The van der Waals surface area contributed by atoms with Crippen molar-refractivity contribution >= 4 is 34.9 Å². The molecule has 8 heteroatoms. The van der Waals surface area contributed by atoms with Crippen LogP contribution >= 0.6 is 11.6 Å². The van der Waals surface area contributed by atoms with Crippen molar-refractivity contribution in [3.8, 4) is 5.69 Å². The molecule has 3 aromatic rings. The Morgan fingerprint density at radius 2 is 1.48 bits per heavy atom. The molecule has 3 N–H and O–H groups in total. The second-order valence-corrected chi connectivity index (χ2v) is 7.71. The summed E-state index contributed by atoms with van der Waals surface area (Å²) in [5.41, 5.74) is 1.67. The summed E-state index contributed by atoms with van der Waals surface area (Å²) in [6, 6.07) is 17.2. The Balaban J connectivity index is 1.65. The minimum Gasteiger partial charge on any atom is -0.326 e. The zero-order valence-corrected chi connectivity index (χ0v) is 17.9. The van der Waals surface area contributed by atoms with E-state index in [1.807, 2.05) is 13.8 Å². The van der Waals surface area contributed by atoms with Gasteiger partial charge in [-0.1, -0.05) is 31.5 Å². The van der Waals surface area contributed by atoms with Crippen LogP contribution in [0.1, 0.15) is 13.8 Å². The number of hydrogen-bond acceptors (Lipinski definition) is 3. The lowest BCUT2D eigenvalue weighted by atomic mass is 10.0. The lowest BCUT2D eigenvalue weighted by molar-refractivity contribution is -0.118. The van der Waals surface area contributed by atoms with E-state index in [1.54, 1.807) is 66.9 Å². The average Bonchev–Trinajstić information content (AvgIpc) is 2.74. The lowest BCUT2D eigenvalue weighted by Crippen LogP contribution is -2.48. The van der Waals surface area contributed by atoms with Crippen molar-refractivity contribution in [2.45, 2.75) is 19.9 Å². The van der Waals surface area contributed by atoms with Crippen LogP contribution in [-0.2, 0) is 4.79 Å². The Morgan fingerprint density at radius 3 is 2.10 bits per heavy atom. The molecule has 7 nitrogen and oxygen atoms in total. The molecule has 0 saturated carbocycles. The van der Waals surface area contributed by atoms with Crippen LogP contribution in [0.5, 0.6) is 0 Å². The maximum absolute atomic E-state index is 12.8. The molecule has 0 bridgehead atoms. The van der Waals surface area contributed by atoms with E-state index < -0.39 is 12.1 Å². The van der Waals surface area contributed by atoms with Crippen molar-refractivity contribution in [1.82, 2.24) is 9.88 Å². The van der Waals surface area contributed by atoms with E-state index >= 15 is 0 Å². The van der Waals surface area contributed by atoms with E-state index in [0.29, 0.717) is 22.1 Å². The standard InChI is InChI=1S/C23H23ClN4O3/c1-15(2)21(27-23(31)26-18-8-6-16(24)7-9-18)22(30)25-17-10-12-19(13-11-17)28-14-4-3-5-20(28)29/h3-15,21H,1-2H3,(H,25,30)(H2,26,27,31)/t21-/m0/s1. The van der Waals surface area contributed by atoms with Gasteiger partial charge in [0.25, 0.3) is 5.56 Å². The predicted molar refractivity (Wildman–Crippen MR) is 123 cm³/mol. The van der Waals surface area contributed by atoms with Gasteiger partial charge < -0.3 is 16.0 Å². The monoisotopic (exact) mass is 438 g/mol. The summed E-state index contributed by atoms with van der Waals surface area (Å²) in [5.74, 6) is -0.482. The van der Waals surface area contributed by atoms with Crippen LogP contribution < -0.4 is 21.5 Å². The number of benzene rings is 2. The second kappa shape index (κ2) is 9.95. The molecule has 1 heterocycles. The van der Waals surface area contributed by atoms with Gasteiger partial charge in [0.1, 0.15) is 6.04 Å². The van der Waals surface area contributed by atoms with Gasteiger partial charge in [-0.3, -0.25) is 14.2 Å². The number of rotatable bonds is 6. The number of urea groups is 1. The molecule has 0 aliphatic carbocycles. The van der Waals surface area contributed by atoms with Gasteiger partial charge in [-0.15, -0.1) is 0 Å². The van der Waals surface area contributed by atoms with Gasteiger partial charge >= 0.3 is 6.03 Å². The highest BCUT2D eigenvalue weighted by Crippen LogP contribution is 2.15. The number of halogens is 1. The number of aromatic nitrogens is 1. The largest absolute Gasteiger partial charge is 0.326 e. The third-order valence-corrected chi connectivity index (χ3v) is 4.83. The fraction of sp³-hybridized carbons (Fsp3) is 0.174. The van der Waals surface area contributed by atoms with E-state index in [9.17, 15) is 14.4 Å². The van der Waals surface area contributed by atoms with Crippen molar-refractivity contribution in [3.05, 3.63) is 88.3 Å². The fourth-order valence-electron chi connectivity index (χ4n) is 2.94. The number of carbonyl (C=O) groups excluding carboxylic acids is 2. The third kappa shape index (κ3) is 5.96. The third-order valence-electron chi connectivity index (χ3n) is 4.57. The van der Waals surface area contributed by atoms with E-state index in [2.05, 4.69) is 16.0 Å². The highest BCUT2D eigenvalue weighted by molar-refractivity contribution is 6.30. The first-order valence-electron chi connectivity index (χ1n) is 9.75. The number of hydrogen-bond donors (Lipinski definition) is 3.